The Bertz CT molecular complexity index is 884. The zero-order chi connectivity index (χ0) is 20.9. The number of hydrogen-bond donors (Lipinski definition) is 1. The summed E-state index contributed by atoms with van der Waals surface area (Å²) in [7, 11) is 0. The maximum Gasteiger partial charge on any atom is 0.313 e. The molecule has 7 heteroatoms. The highest BCUT2D eigenvalue weighted by atomic mass is 16.5. The molecule has 1 aromatic heterocycles. The molecule has 0 saturated carbocycles. The molecule has 0 unspecified atom stereocenters. The summed E-state index contributed by atoms with van der Waals surface area (Å²) < 4.78 is 4.99. The molecule has 1 fully saturated rings. The maximum absolute atomic E-state index is 13.0. The van der Waals surface area contributed by atoms with E-state index in [0.717, 1.165) is 17.9 Å². The molecule has 1 amide bonds. The van der Waals surface area contributed by atoms with Crippen molar-refractivity contribution in [1.82, 2.24) is 19.8 Å². The van der Waals surface area contributed by atoms with Gasteiger partial charge in [-0.25, -0.2) is 4.98 Å². The van der Waals surface area contributed by atoms with Crippen molar-refractivity contribution in [3.05, 3.63) is 52.6 Å². The van der Waals surface area contributed by atoms with Gasteiger partial charge in [0.2, 0.25) is 0 Å². The van der Waals surface area contributed by atoms with Gasteiger partial charge in [-0.2, -0.15) is 0 Å². The molecule has 0 atom stereocenters. The number of hydrogen-bond acceptors (Lipinski definition) is 5. The van der Waals surface area contributed by atoms with Crippen molar-refractivity contribution in [3.8, 4) is 0 Å². The summed E-state index contributed by atoms with van der Waals surface area (Å²) in [4.78, 5) is 36.7. The van der Waals surface area contributed by atoms with Gasteiger partial charge in [0, 0.05) is 25.1 Å². The molecule has 3 heterocycles. The van der Waals surface area contributed by atoms with Crippen molar-refractivity contribution in [1.29, 1.82) is 0 Å². The first-order valence-corrected chi connectivity index (χ1v) is 10.9. The topological polar surface area (TPSA) is 78.5 Å². The number of carbonyl (C=O) groups excluding carboxylic acids is 2. The van der Waals surface area contributed by atoms with Crippen LogP contribution in [-0.2, 0) is 35.5 Å². The SMILES string of the molecule is CCOC(=O)Cc1nc2c([nH]1)CN(C(=O)c1ccc(CN3CCCCC3)cc1)CC2. The second-order valence-corrected chi connectivity index (χ2v) is 8.10. The molecule has 0 bridgehead atoms. The van der Waals surface area contributed by atoms with Crippen molar-refractivity contribution in [3.63, 3.8) is 0 Å². The van der Waals surface area contributed by atoms with E-state index in [1.807, 2.05) is 17.0 Å². The lowest BCUT2D eigenvalue weighted by Gasteiger charge is -2.27. The quantitative estimate of drug-likeness (QED) is 0.741. The zero-order valence-electron chi connectivity index (χ0n) is 17.7. The van der Waals surface area contributed by atoms with E-state index in [1.165, 1.54) is 37.9 Å². The minimum absolute atomic E-state index is 0.0340. The van der Waals surface area contributed by atoms with Gasteiger partial charge in [0.05, 0.1) is 24.5 Å². The van der Waals surface area contributed by atoms with Crippen LogP contribution >= 0.6 is 0 Å². The van der Waals surface area contributed by atoms with Crippen LogP contribution < -0.4 is 0 Å². The standard InChI is InChI=1S/C23H30N4O3/c1-2-30-22(28)14-21-24-19-10-13-27(16-20(19)25-21)23(29)18-8-6-17(7-9-18)15-26-11-4-3-5-12-26/h6-9H,2-5,10-16H2,1H3,(H,24,25). The van der Waals surface area contributed by atoms with Crippen LogP contribution in [0.5, 0.6) is 0 Å². The normalized spacial score (nSPS) is 16.9. The van der Waals surface area contributed by atoms with Crippen LogP contribution in [0.25, 0.3) is 0 Å². The number of esters is 1. The number of piperidine rings is 1. The summed E-state index contributed by atoms with van der Waals surface area (Å²) in [6, 6.07) is 8.03. The lowest BCUT2D eigenvalue weighted by Crippen LogP contribution is -2.36. The van der Waals surface area contributed by atoms with Gasteiger partial charge in [0.15, 0.2) is 0 Å². The second-order valence-electron chi connectivity index (χ2n) is 8.10. The zero-order valence-corrected chi connectivity index (χ0v) is 17.7. The summed E-state index contributed by atoms with van der Waals surface area (Å²) in [5.41, 5.74) is 3.82. The first-order chi connectivity index (χ1) is 14.6. The van der Waals surface area contributed by atoms with Crippen molar-refractivity contribution in [2.24, 2.45) is 0 Å². The summed E-state index contributed by atoms with van der Waals surface area (Å²) in [6.07, 6.45) is 4.72. The highest BCUT2D eigenvalue weighted by molar-refractivity contribution is 5.94. The fraction of sp³-hybridized carbons (Fsp3) is 0.522. The number of H-pyrrole nitrogens is 1. The Morgan fingerprint density at radius 1 is 1.10 bits per heavy atom. The molecule has 2 aromatic rings. The van der Waals surface area contributed by atoms with Crippen molar-refractivity contribution in [2.45, 2.75) is 52.1 Å². The van der Waals surface area contributed by atoms with E-state index in [4.69, 9.17) is 4.74 Å². The minimum atomic E-state index is -0.291. The molecular formula is C23H30N4O3. The second kappa shape index (κ2) is 9.43. The number of imidazole rings is 1. The first kappa shape index (κ1) is 20.6. The third kappa shape index (κ3) is 4.90. The molecule has 7 nitrogen and oxygen atoms in total. The molecule has 0 spiro atoms. The number of benzene rings is 1. The molecule has 160 valence electrons. The minimum Gasteiger partial charge on any atom is -0.466 e. The van der Waals surface area contributed by atoms with Gasteiger partial charge in [-0.3, -0.25) is 14.5 Å². The number of rotatable bonds is 6. The van der Waals surface area contributed by atoms with Gasteiger partial charge in [-0.1, -0.05) is 18.6 Å². The lowest BCUT2D eigenvalue weighted by molar-refractivity contribution is -0.142. The molecule has 0 aliphatic carbocycles. The highest BCUT2D eigenvalue weighted by Gasteiger charge is 2.25. The van der Waals surface area contributed by atoms with Crippen molar-refractivity contribution in [2.75, 3.05) is 26.2 Å². The van der Waals surface area contributed by atoms with E-state index in [-0.39, 0.29) is 18.3 Å². The molecule has 1 saturated heterocycles. The number of ether oxygens (including phenoxy) is 1. The van der Waals surface area contributed by atoms with Crippen LogP contribution in [0.15, 0.2) is 24.3 Å². The summed E-state index contributed by atoms with van der Waals surface area (Å²) in [5, 5.41) is 0. The van der Waals surface area contributed by atoms with E-state index >= 15 is 0 Å². The molecule has 2 aliphatic rings. The van der Waals surface area contributed by atoms with Crippen LogP contribution in [-0.4, -0.2) is 57.9 Å². The van der Waals surface area contributed by atoms with E-state index < -0.39 is 0 Å². The number of nitrogens with one attached hydrogen (secondary N) is 1. The lowest BCUT2D eigenvalue weighted by atomic mass is 10.1. The Balaban J connectivity index is 1.36. The molecule has 1 N–H and O–H groups in total. The Labute approximate surface area is 177 Å². The van der Waals surface area contributed by atoms with Gasteiger partial charge in [-0.05, 0) is 50.6 Å². The van der Waals surface area contributed by atoms with Gasteiger partial charge < -0.3 is 14.6 Å². The fourth-order valence-corrected chi connectivity index (χ4v) is 4.27. The number of carbonyl (C=O) groups is 2. The van der Waals surface area contributed by atoms with E-state index in [2.05, 4.69) is 27.0 Å². The predicted molar refractivity (Wildman–Crippen MR) is 113 cm³/mol. The number of nitrogens with zero attached hydrogens (tertiary/aromatic N) is 3. The number of amides is 1. The number of aromatic nitrogens is 2. The molecule has 2 aliphatic heterocycles. The van der Waals surface area contributed by atoms with Crippen LogP contribution in [0.2, 0.25) is 0 Å². The van der Waals surface area contributed by atoms with Crippen LogP contribution in [0.1, 0.15) is 59.3 Å². The van der Waals surface area contributed by atoms with Gasteiger partial charge in [0.1, 0.15) is 12.2 Å². The highest BCUT2D eigenvalue weighted by Crippen LogP contribution is 2.20. The summed E-state index contributed by atoms with van der Waals surface area (Å²) >= 11 is 0. The van der Waals surface area contributed by atoms with Gasteiger partial charge in [0.25, 0.3) is 5.91 Å². The Hall–Kier alpha value is -2.67. The number of likely N-dealkylation sites (tertiary alicyclic amines) is 1. The molecule has 1 aromatic carbocycles. The average molecular weight is 411 g/mol. The smallest absolute Gasteiger partial charge is 0.313 e. The summed E-state index contributed by atoms with van der Waals surface area (Å²) in [5.74, 6) is 0.350. The Morgan fingerprint density at radius 3 is 2.60 bits per heavy atom. The van der Waals surface area contributed by atoms with E-state index in [0.29, 0.717) is 37.5 Å². The van der Waals surface area contributed by atoms with Crippen LogP contribution in [0.3, 0.4) is 0 Å². The van der Waals surface area contributed by atoms with Gasteiger partial charge in [-0.15, -0.1) is 0 Å². The third-order valence-electron chi connectivity index (χ3n) is 5.84. The molecular weight excluding hydrogens is 380 g/mol. The third-order valence-corrected chi connectivity index (χ3v) is 5.84. The monoisotopic (exact) mass is 410 g/mol. The van der Waals surface area contributed by atoms with Crippen molar-refractivity contribution >= 4 is 11.9 Å². The van der Waals surface area contributed by atoms with E-state index in [1.54, 1.807) is 6.92 Å². The maximum atomic E-state index is 13.0. The largest absolute Gasteiger partial charge is 0.466 e. The predicted octanol–water partition coefficient (Wildman–Crippen LogP) is 2.70. The number of fused-ring (bicyclic) bond motifs is 1. The average Bonchev–Trinajstić information content (AvgIpc) is 3.16. The number of aromatic amines is 1. The molecule has 30 heavy (non-hydrogen) atoms. The Kier molecular flexibility index (Phi) is 6.47. The first-order valence-electron chi connectivity index (χ1n) is 10.9. The summed E-state index contributed by atoms with van der Waals surface area (Å²) in [6.45, 7) is 6.55. The molecule has 0 radical (unpaired) electrons. The van der Waals surface area contributed by atoms with Gasteiger partial charge >= 0.3 is 5.97 Å². The molecule has 4 rings (SSSR count). The fourth-order valence-electron chi connectivity index (χ4n) is 4.27. The van der Waals surface area contributed by atoms with Crippen LogP contribution in [0.4, 0.5) is 0 Å². The van der Waals surface area contributed by atoms with Crippen LogP contribution in [0, 0.1) is 0 Å². The Morgan fingerprint density at radius 2 is 1.87 bits per heavy atom. The van der Waals surface area contributed by atoms with E-state index in [9.17, 15) is 9.59 Å². The van der Waals surface area contributed by atoms with Crippen molar-refractivity contribution < 1.29 is 14.3 Å².